The van der Waals surface area contributed by atoms with E-state index in [9.17, 15) is 0 Å². The van der Waals surface area contributed by atoms with Crippen LogP contribution in [0, 0.1) is 6.57 Å². The Labute approximate surface area is 48.4 Å². The number of guanidine groups is 1. The van der Waals surface area contributed by atoms with Gasteiger partial charge in [-0.2, -0.15) is 11.5 Å². The highest BCUT2D eigenvalue weighted by Gasteiger charge is 1.88. The summed E-state index contributed by atoms with van der Waals surface area (Å²) >= 11 is 0. The van der Waals surface area contributed by atoms with E-state index in [4.69, 9.17) is 6.57 Å². The van der Waals surface area contributed by atoms with Crippen molar-refractivity contribution < 1.29 is 0 Å². The van der Waals surface area contributed by atoms with Crippen molar-refractivity contribution in [2.75, 3.05) is 14.1 Å². The van der Waals surface area contributed by atoms with E-state index in [1.54, 1.807) is 14.1 Å². The topological polar surface area (TPSA) is 40.8 Å². The molecular formula is C4H8N4. The minimum absolute atomic E-state index is 0.486. The zero-order valence-corrected chi connectivity index (χ0v) is 4.89. The van der Waals surface area contributed by atoms with Crippen LogP contribution in [0.25, 0.3) is 4.95 Å². The summed E-state index contributed by atoms with van der Waals surface area (Å²) in [4.78, 5) is 6.56. The molecule has 0 rings (SSSR count). The number of nitrogens with one attached hydrogen (secondary N) is 2. The summed E-state index contributed by atoms with van der Waals surface area (Å²) in [5.41, 5.74) is 2.31. The average molecular weight is 112 g/mol. The van der Waals surface area contributed by atoms with Gasteiger partial charge in [0.25, 0.3) is 5.96 Å². The Kier molecular flexibility index (Phi) is 3.32. The number of rotatable bonds is 0. The Morgan fingerprint density at radius 1 is 1.75 bits per heavy atom. The molecule has 0 fully saturated rings. The molecule has 0 bridgehead atoms. The Balaban J connectivity index is 3.59. The van der Waals surface area contributed by atoms with Crippen LogP contribution in [0.1, 0.15) is 0 Å². The highest BCUT2D eigenvalue weighted by Crippen LogP contribution is 1.60. The molecule has 0 atom stereocenters. The first-order valence-electron chi connectivity index (χ1n) is 2.12. The Morgan fingerprint density at radius 3 is 2.50 bits per heavy atom. The van der Waals surface area contributed by atoms with Crippen molar-refractivity contribution in [3.63, 3.8) is 0 Å². The molecule has 0 saturated carbocycles. The highest BCUT2D eigenvalue weighted by molar-refractivity contribution is 5.79. The largest absolute Gasteiger partial charge is 0.354 e. The molecule has 0 aromatic rings. The van der Waals surface area contributed by atoms with Crippen LogP contribution in [-0.2, 0) is 0 Å². The minimum Gasteiger partial charge on any atom is -0.354 e. The second-order valence-corrected chi connectivity index (χ2v) is 1.05. The third kappa shape index (κ3) is 2.03. The summed E-state index contributed by atoms with van der Waals surface area (Å²) in [5.74, 6) is 0.486. The lowest BCUT2D eigenvalue weighted by Gasteiger charge is -1.92. The lowest BCUT2D eigenvalue weighted by Crippen LogP contribution is -2.29. The van der Waals surface area contributed by atoms with Crippen molar-refractivity contribution >= 4 is 5.96 Å². The molecule has 0 aromatic heterocycles. The second kappa shape index (κ2) is 3.93. The fraction of sp³-hybridized carbons (Fsp3) is 0.500. The van der Waals surface area contributed by atoms with Gasteiger partial charge < -0.3 is 5.32 Å². The fourth-order valence-corrected chi connectivity index (χ4v) is 0.271. The van der Waals surface area contributed by atoms with Gasteiger partial charge in [0, 0.05) is 14.1 Å². The molecule has 0 aliphatic carbocycles. The normalized spacial score (nSPS) is 9.88. The van der Waals surface area contributed by atoms with E-state index >= 15 is 0 Å². The molecule has 0 amide bonds. The molecule has 44 valence electrons. The summed E-state index contributed by atoms with van der Waals surface area (Å²) < 4.78 is 0. The third-order valence-electron chi connectivity index (χ3n) is 0.622. The second-order valence-electron chi connectivity index (χ2n) is 1.05. The lowest BCUT2D eigenvalue weighted by atomic mass is 10.9. The van der Waals surface area contributed by atoms with Crippen LogP contribution in [0.15, 0.2) is 4.99 Å². The summed E-state index contributed by atoms with van der Waals surface area (Å²) in [6.07, 6.45) is 0. The van der Waals surface area contributed by atoms with Crippen molar-refractivity contribution in [2.24, 2.45) is 4.99 Å². The maximum atomic E-state index is 6.33. The molecule has 4 nitrogen and oxygen atoms in total. The average Bonchev–Trinajstić information content (AvgIpc) is 1.83. The van der Waals surface area contributed by atoms with E-state index in [0.29, 0.717) is 5.96 Å². The maximum Gasteiger partial charge on any atom is 0.261 e. The van der Waals surface area contributed by atoms with Gasteiger partial charge >= 0.3 is 0 Å². The van der Waals surface area contributed by atoms with E-state index < -0.39 is 0 Å². The fourth-order valence-electron chi connectivity index (χ4n) is 0.271. The van der Waals surface area contributed by atoms with Gasteiger partial charge in [-0.25, -0.2) is 0 Å². The summed E-state index contributed by atoms with van der Waals surface area (Å²) in [7, 11) is 3.30. The van der Waals surface area contributed by atoms with E-state index in [0.717, 1.165) is 0 Å². The van der Waals surface area contributed by atoms with Crippen molar-refractivity contribution in [2.45, 2.75) is 0 Å². The highest BCUT2D eigenvalue weighted by atomic mass is 15.3. The zero-order valence-electron chi connectivity index (χ0n) is 4.89. The van der Waals surface area contributed by atoms with Gasteiger partial charge in [0.05, 0.1) is 0 Å². The molecule has 0 aliphatic rings. The van der Waals surface area contributed by atoms with Crippen LogP contribution in [0.2, 0.25) is 0 Å². The Morgan fingerprint density at radius 2 is 2.38 bits per heavy atom. The van der Waals surface area contributed by atoms with Crippen LogP contribution in [-0.4, -0.2) is 20.1 Å². The Hall–Kier alpha value is -1.24. The quantitative estimate of drug-likeness (QED) is 0.194. The van der Waals surface area contributed by atoms with Crippen molar-refractivity contribution in [1.82, 2.24) is 10.7 Å². The molecule has 0 aliphatic heterocycles. The first-order chi connectivity index (χ1) is 3.85. The van der Waals surface area contributed by atoms with Gasteiger partial charge in [-0.1, -0.05) is 5.43 Å². The molecule has 0 heterocycles. The summed E-state index contributed by atoms with van der Waals surface area (Å²) in [6.45, 7) is 6.33. The minimum atomic E-state index is 0.486. The van der Waals surface area contributed by atoms with Gasteiger partial charge in [-0.15, -0.1) is 0 Å². The van der Waals surface area contributed by atoms with Gasteiger partial charge in [0.2, 0.25) is 0 Å². The zero-order chi connectivity index (χ0) is 6.41. The third-order valence-corrected chi connectivity index (χ3v) is 0.622. The van der Waals surface area contributed by atoms with Gasteiger partial charge in [-0.3, -0.25) is 4.99 Å². The standard InChI is InChI=1S/C4H8N4/c1-5-4(6-2)8-7-3/h1-2H3,(H2,5,6,8). The number of nitrogens with zero attached hydrogens (tertiary/aromatic N) is 2. The molecule has 2 N–H and O–H groups in total. The lowest BCUT2D eigenvalue weighted by molar-refractivity contribution is 1.04. The Bertz CT molecular complexity index is 120. The first-order valence-corrected chi connectivity index (χ1v) is 2.12. The van der Waals surface area contributed by atoms with Crippen LogP contribution < -0.4 is 10.7 Å². The van der Waals surface area contributed by atoms with E-state index in [-0.39, 0.29) is 0 Å². The molecular weight excluding hydrogens is 104 g/mol. The molecule has 0 aromatic carbocycles. The first kappa shape index (κ1) is 6.76. The van der Waals surface area contributed by atoms with Crippen molar-refractivity contribution in [3.8, 4) is 0 Å². The van der Waals surface area contributed by atoms with E-state index in [2.05, 4.69) is 20.7 Å². The monoisotopic (exact) mass is 112 g/mol. The van der Waals surface area contributed by atoms with Crippen LogP contribution >= 0.6 is 0 Å². The van der Waals surface area contributed by atoms with E-state index in [1.807, 2.05) is 0 Å². The SMILES string of the molecule is [C-]#[N+]NC(=NC)NC. The van der Waals surface area contributed by atoms with Crippen LogP contribution in [0.3, 0.4) is 0 Å². The maximum absolute atomic E-state index is 6.33. The van der Waals surface area contributed by atoms with Crippen molar-refractivity contribution in [3.05, 3.63) is 11.5 Å². The molecule has 8 heavy (non-hydrogen) atoms. The number of hydrogen-bond donors (Lipinski definition) is 2. The van der Waals surface area contributed by atoms with Gasteiger partial charge in [0.15, 0.2) is 0 Å². The molecule has 4 heteroatoms. The van der Waals surface area contributed by atoms with Gasteiger partial charge in [-0.05, 0) is 0 Å². The van der Waals surface area contributed by atoms with Crippen LogP contribution in [0.5, 0.6) is 0 Å². The predicted molar refractivity (Wildman–Crippen MR) is 32.2 cm³/mol. The van der Waals surface area contributed by atoms with E-state index in [1.165, 1.54) is 0 Å². The predicted octanol–water partition coefficient (Wildman–Crippen LogP) is -0.385. The smallest absolute Gasteiger partial charge is 0.261 e. The number of hydrogen-bond acceptors (Lipinski definition) is 1. The van der Waals surface area contributed by atoms with Gasteiger partial charge in [0.1, 0.15) is 0 Å². The number of aliphatic imine (C=N–C) groups is 1. The molecule has 0 radical (unpaired) electrons. The summed E-state index contributed by atoms with van der Waals surface area (Å²) in [6, 6.07) is 0. The van der Waals surface area contributed by atoms with Crippen LogP contribution in [0.4, 0.5) is 0 Å². The summed E-state index contributed by atoms with van der Waals surface area (Å²) in [5, 5.41) is 2.68. The van der Waals surface area contributed by atoms with Crippen molar-refractivity contribution in [1.29, 1.82) is 0 Å². The molecule has 0 saturated heterocycles. The molecule has 0 spiro atoms. The molecule has 0 unspecified atom stereocenters.